The van der Waals surface area contributed by atoms with Gasteiger partial charge in [0.1, 0.15) is 0 Å². The van der Waals surface area contributed by atoms with Crippen molar-refractivity contribution in [2.24, 2.45) is 0 Å². The van der Waals surface area contributed by atoms with Crippen LogP contribution >= 0.6 is 0 Å². The first kappa shape index (κ1) is 13.4. The fourth-order valence-electron chi connectivity index (χ4n) is 2.81. The maximum absolute atomic E-state index is 11.2. The predicted molar refractivity (Wildman–Crippen MR) is 86.6 cm³/mol. The van der Waals surface area contributed by atoms with Gasteiger partial charge in [0.05, 0.1) is 0 Å². The average Bonchev–Trinajstić information content (AvgIpc) is 2.52. The molecule has 0 saturated carbocycles. The van der Waals surface area contributed by atoms with Crippen LogP contribution in [0.1, 0.15) is 18.4 Å². The fraction of sp³-hybridized carbons (Fsp3) is 0.105. The van der Waals surface area contributed by atoms with Gasteiger partial charge >= 0.3 is 5.97 Å². The van der Waals surface area contributed by atoms with Gasteiger partial charge in [-0.05, 0) is 33.2 Å². The molecule has 3 rings (SSSR count). The van der Waals surface area contributed by atoms with E-state index in [1.807, 2.05) is 37.3 Å². The Hall–Kier alpha value is -2.61. The summed E-state index contributed by atoms with van der Waals surface area (Å²) in [7, 11) is 0. The standard InChI is InChI=1S/C19H16O2/c1-12(13(2)19(20)21)18-11-14-7-3-4-8-15(14)16-9-5-6-10-17(16)18/h3-12H,2H2,1H3,(H,20,21). The first-order valence-corrected chi connectivity index (χ1v) is 6.92. The zero-order valence-corrected chi connectivity index (χ0v) is 11.8. The molecule has 0 fully saturated rings. The van der Waals surface area contributed by atoms with Crippen molar-refractivity contribution in [3.05, 3.63) is 72.3 Å². The lowest BCUT2D eigenvalue weighted by Crippen LogP contribution is -2.07. The first-order chi connectivity index (χ1) is 10.1. The van der Waals surface area contributed by atoms with E-state index in [2.05, 4.69) is 30.8 Å². The van der Waals surface area contributed by atoms with Gasteiger partial charge in [-0.1, -0.05) is 62.0 Å². The van der Waals surface area contributed by atoms with Crippen molar-refractivity contribution in [3.8, 4) is 0 Å². The van der Waals surface area contributed by atoms with Crippen LogP contribution in [0.5, 0.6) is 0 Å². The zero-order valence-electron chi connectivity index (χ0n) is 11.8. The number of benzene rings is 3. The highest BCUT2D eigenvalue weighted by atomic mass is 16.4. The van der Waals surface area contributed by atoms with Crippen LogP contribution in [0.4, 0.5) is 0 Å². The van der Waals surface area contributed by atoms with Gasteiger partial charge in [-0.3, -0.25) is 0 Å². The van der Waals surface area contributed by atoms with Gasteiger partial charge in [-0.25, -0.2) is 4.79 Å². The van der Waals surface area contributed by atoms with Gasteiger partial charge in [-0.15, -0.1) is 0 Å². The lowest BCUT2D eigenvalue weighted by Gasteiger charge is -2.16. The Morgan fingerprint density at radius 3 is 2.24 bits per heavy atom. The molecule has 21 heavy (non-hydrogen) atoms. The second kappa shape index (κ2) is 5.06. The molecule has 0 bridgehead atoms. The molecule has 0 aliphatic rings. The van der Waals surface area contributed by atoms with Crippen LogP contribution in [0.2, 0.25) is 0 Å². The van der Waals surface area contributed by atoms with E-state index in [0.717, 1.165) is 21.7 Å². The third kappa shape index (κ3) is 2.19. The number of hydrogen-bond donors (Lipinski definition) is 1. The molecule has 2 heteroatoms. The number of rotatable bonds is 3. The van der Waals surface area contributed by atoms with E-state index >= 15 is 0 Å². The normalized spacial score (nSPS) is 12.4. The fourth-order valence-corrected chi connectivity index (χ4v) is 2.81. The summed E-state index contributed by atoms with van der Waals surface area (Å²) in [6.07, 6.45) is 0. The number of hydrogen-bond acceptors (Lipinski definition) is 1. The van der Waals surface area contributed by atoms with Crippen molar-refractivity contribution in [3.63, 3.8) is 0 Å². The van der Waals surface area contributed by atoms with Crippen molar-refractivity contribution >= 4 is 27.5 Å². The Labute approximate surface area is 123 Å². The summed E-state index contributed by atoms with van der Waals surface area (Å²) >= 11 is 0. The summed E-state index contributed by atoms with van der Waals surface area (Å²) in [5.41, 5.74) is 1.23. The minimum Gasteiger partial charge on any atom is -0.478 e. The average molecular weight is 276 g/mol. The second-order valence-corrected chi connectivity index (χ2v) is 5.28. The van der Waals surface area contributed by atoms with Crippen LogP contribution in [0.3, 0.4) is 0 Å². The maximum atomic E-state index is 11.2. The van der Waals surface area contributed by atoms with Gasteiger partial charge in [0.25, 0.3) is 0 Å². The molecule has 104 valence electrons. The number of carboxylic acid groups (broad SMARTS) is 1. The van der Waals surface area contributed by atoms with E-state index in [4.69, 9.17) is 0 Å². The van der Waals surface area contributed by atoms with Gasteiger partial charge in [0.2, 0.25) is 0 Å². The van der Waals surface area contributed by atoms with E-state index < -0.39 is 5.97 Å². The molecule has 1 unspecified atom stereocenters. The minimum atomic E-state index is -0.945. The van der Waals surface area contributed by atoms with E-state index in [1.165, 1.54) is 5.39 Å². The topological polar surface area (TPSA) is 37.3 Å². The summed E-state index contributed by atoms with van der Waals surface area (Å²) in [5, 5.41) is 13.7. The Bertz CT molecular complexity index is 862. The van der Waals surface area contributed by atoms with Crippen LogP contribution in [0.15, 0.2) is 66.7 Å². The van der Waals surface area contributed by atoms with Crippen molar-refractivity contribution in [1.82, 2.24) is 0 Å². The lowest BCUT2D eigenvalue weighted by molar-refractivity contribution is -0.132. The molecule has 3 aromatic rings. The molecule has 0 aliphatic carbocycles. The SMILES string of the molecule is C=C(C(=O)O)C(C)c1cc2ccccc2c2ccccc12. The minimum absolute atomic E-state index is 0.218. The van der Waals surface area contributed by atoms with Crippen LogP contribution in [-0.4, -0.2) is 11.1 Å². The third-order valence-electron chi connectivity index (χ3n) is 4.06. The van der Waals surface area contributed by atoms with E-state index in [9.17, 15) is 9.90 Å². The highest BCUT2D eigenvalue weighted by molar-refractivity contribution is 6.09. The van der Waals surface area contributed by atoms with Gasteiger partial charge in [0.15, 0.2) is 0 Å². The van der Waals surface area contributed by atoms with Crippen LogP contribution < -0.4 is 0 Å². The molecule has 0 saturated heterocycles. The molecule has 1 N–H and O–H groups in total. The number of fused-ring (bicyclic) bond motifs is 3. The number of aliphatic carboxylic acids is 1. The molecular weight excluding hydrogens is 260 g/mol. The predicted octanol–water partition coefficient (Wildman–Crippen LogP) is 4.74. The second-order valence-electron chi connectivity index (χ2n) is 5.28. The highest BCUT2D eigenvalue weighted by Gasteiger charge is 2.18. The monoisotopic (exact) mass is 276 g/mol. The number of carbonyl (C=O) groups is 1. The van der Waals surface area contributed by atoms with Gasteiger partial charge < -0.3 is 5.11 Å². The third-order valence-corrected chi connectivity index (χ3v) is 4.06. The molecule has 2 nitrogen and oxygen atoms in total. The van der Waals surface area contributed by atoms with Gasteiger partial charge in [0, 0.05) is 11.5 Å². The van der Waals surface area contributed by atoms with Crippen LogP contribution in [0, 0.1) is 0 Å². The smallest absolute Gasteiger partial charge is 0.331 e. The van der Waals surface area contributed by atoms with Crippen molar-refractivity contribution in [2.75, 3.05) is 0 Å². The summed E-state index contributed by atoms with van der Waals surface area (Å²) in [6, 6.07) is 18.4. The Morgan fingerprint density at radius 1 is 1.00 bits per heavy atom. The van der Waals surface area contributed by atoms with Gasteiger partial charge in [-0.2, -0.15) is 0 Å². The molecule has 0 heterocycles. The summed E-state index contributed by atoms with van der Waals surface area (Å²) in [6.45, 7) is 5.61. The largest absolute Gasteiger partial charge is 0.478 e. The highest BCUT2D eigenvalue weighted by Crippen LogP contribution is 2.35. The first-order valence-electron chi connectivity index (χ1n) is 6.92. The zero-order chi connectivity index (χ0) is 15.0. The van der Waals surface area contributed by atoms with Crippen LogP contribution in [0.25, 0.3) is 21.5 Å². The van der Waals surface area contributed by atoms with Crippen molar-refractivity contribution in [1.29, 1.82) is 0 Å². The molecule has 0 spiro atoms. The van der Waals surface area contributed by atoms with Crippen molar-refractivity contribution in [2.45, 2.75) is 12.8 Å². The molecule has 0 aromatic heterocycles. The quantitative estimate of drug-likeness (QED) is 0.554. The Kier molecular flexibility index (Phi) is 3.22. The van der Waals surface area contributed by atoms with Crippen molar-refractivity contribution < 1.29 is 9.90 Å². The molecular formula is C19H16O2. The van der Waals surface area contributed by atoms with E-state index in [0.29, 0.717) is 0 Å². The van der Waals surface area contributed by atoms with E-state index in [1.54, 1.807) is 0 Å². The molecule has 3 aromatic carbocycles. The van der Waals surface area contributed by atoms with E-state index in [-0.39, 0.29) is 11.5 Å². The summed E-state index contributed by atoms with van der Waals surface area (Å²) in [5.74, 6) is -1.17. The molecule has 1 atom stereocenters. The summed E-state index contributed by atoms with van der Waals surface area (Å²) in [4.78, 5) is 11.2. The number of carboxylic acids is 1. The Morgan fingerprint density at radius 2 is 1.57 bits per heavy atom. The van der Waals surface area contributed by atoms with Crippen LogP contribution in [-0.2, 0) is 4.79 Å². The molecule has 0 radical (unpaired) electrons. The molecule has 0 aliphatic heterocycles. The lowest BCUT2D eigenvalue weighted by atomic mass is 9.87. The Balaban J connectivity index is 2.35. The maximum Gasteiger partial charge on any atom is 0.331 e. The molecule has 0 amide bonds. The summed E-state index contributed by atoms with van der Waals surface area (Å²) < 4.78 is 0.